The number of phenolic OH excluding ortho intramolecular Hbond substituents is 1. The smallest absolute Gasteiger partial charge is 0.271 e. The SMILES string of the molecule is CC(CC(=O)Nc1ccccn1)=NNC(=O)c1cccc(O)c1. The number of nitrogens with zero attached hydrogens (tertiary/aromatic N) is 2. The number of hydrazone groups is 1. The lowest BCUT2D eigenvalue weighted by Gasteiger charge is -2.05. The fourth-order valence-corrected chi connectivity index (χ4v) is 1.75. The third-order valence-corrected chi connectivity index (χ3v) is 2.81. The van der Waals surface area contributed by atoms with Crippen LogP contribution in [0.2, 0.25) is 0 Å². The first kappa shape index (κ1) is 16.2. The molecular weight excluding hydrogens is 296 g/mol. The Morgan fingerprint density at radius 2 is 2.04 bits per heavy atom. The number of hydrogen-bond acceptors (Lipinski definition) is 5. The van der Waals surface area contributed by atoms with E-state index in [1.807, 2.05) is 0 Å². The van der Waals surface area contributed by atoms with Gasteiger partial charge in [0.25, 0.3) is 5.91 Å². The van der Waals surface area contributed by atoms with E-state index in [9.17, 15) is 14.7 Å². The highest BCUT2D eigenvalue weighted by Gasteiger charge is 2.07. The number of anilines is 1. The minimum absolute atomic E-state index is 0.00640. The molecule has 2 aromatic rings. The highest BCUT2D eigenvalue weighted by Crippen LogP contribution is 2.10. The van der Waals surface area contributed by atoms with Crippen LogP contribution in [0.3, 0.4) is 0 Å². The van der Waals surface area contributed by atoms with Gasteiger partial charge >= 0.3 is 0 Å². The summed E-state index contributed by atoms with van der Waals surface area (Å²) in [5, 5.41) is 15.8. The molecule has 0 atom stereocenters. The molecule has 0 aliphatic carbocycles. The van der Waals surface area contributed by atoms with E-state index in [0.717, 1.165) is 0 Å². The van der Waals surface area contributed by atoms with E-state index in [4.69, 9.17) is 0 Å². The Balaban J connectivity index is 1.87. The molecule has 1 aromatic carbocycles. The van der Waals surface area contributed by atoms with Crippen molar-refractivity contribution in [3.8, 4) is 5.75 Å². The number of benzene rings is 1. The van der Waals surface area contributed by atoms with Crippen LogP contribution in [0.4, 0.5) is 5.82 Å². The van der Waals surface area contributed by atoms with E-state index in [0.29, 0.717) is 11.5 Å². The lowest BCUT2D eigenvalue weighted by atomic mass is 10.2. The van der Waals surface area contributed by atoms with Crippen LogP contribution in [0.25, 0.3) is 0 Å². The van der Waals surface area contributed by atoms with Crippen molar-refractivity contribution in [2.75, 3.05) is 5.32 Å². The minimum Gasteiger partial charge on any atom is -0.508 e. The van der Waals surface area contributed by atoms with Gasteiger partial charge in [-0.25, -0.2) is 10.4 Å². The molecule has 7 heteroatoms. The molecule has 0 bridgehead atoms. The summed E-state index contributed by atoms with van der Waals surface area (Å²) in [6, 6.07) is 11.1. The van der Waals surface area contributed by atoms with Crippen LogP contribution < -0.4 is 10.7 Å². The molecule has 0 unspecified atom stereocenters. The number of phenols is 1. The number of nitrogens with one attached hydrogen (secondary N) is 2. The van der Waals surface area contributed by atoms with E-state index < -0.39 is 5.91 Å². The van der Waals surface area contributed by atoms with E-state index >= 15 is 0 Å². The highest BCUT2D eigenvalue weighted by atomic mass is 16.3. The molecule has 2 rings (SSSR count). The average Bonchev–Trinajstić information content (AvgIpc) is 2.53. The zero-order chi connectivity index (χ0) is 16.7. The summed E-state index contributed by atoms with van der Waals surface area (Å²) >= 11 is 0. The van der Waals surface area contributed by atoms with Gasteiger partial charge in [0, 0.05) is 17.5 Å². The molecule has 2 amide bonds. The first-order valence-corrected chi connectivity index (χ1v) is 6.88. The van der Waals surface area contributed by atoms with Gasteiger partial charge in [-0.3, -0.25) is 9.59 Å². The van der Waals surface area contributed by atoms with E-state index in [2.05, 4.69) is 20.8 Å². The van der Waals surface area contributed by atoms with Crippen molar-refractivity contribution < 1.29 is 14.7 Å². The number of amides is 2. The maximum Gasteiger partial charge on any atom is 0.271 e. The Kier molecular flexibility index (Phi) is 5.40. The Morgan fingerprint density at radius 1 is 1.22 bits per heavy atom. The quantitative estimate of drug-likeness (QED) is 0.579. The van der Waals surface area contributed by atoms with Crippen LogP contribution in [0.5, 0.6) is 5.75 Å². The standard InChI is InChI=1S/C16H16N4O3/c1-11(9-15(22)18-14-7-2-3-8-17-14)19-20-16(23)12-5-4-6-13(21)10-12/h2-8,10,21H,9H2,1H3,(H,20,23)(H,17,18,22). The second-order valence-electron chi connectivity index (χ2n) is 4.78. The number of carbonyl (C=O) groups excluding carboxylic acids is 2. The summed E-state index contributed by atoms with van der Waals surface area (Å²) < 4.78 is 0. The van der Waals surface area contributed by atoms with Crippen molar-refractivity contribution in [3.05, 3.63) is 54.2 Å². The van der Waals surface area contributed by atoms with Gasteiger partial charge in [0.15, 0.2) is 0 Å². The largest absolute Gasteiger partial charge is 0.508 e. The second-order valence-corrected chi connectivity index (χ2v) is 4.78. The molecule has 7 nitrogen and oxygen atoms in total. The average molecular weight is 312 g/mol. The third-order valence-electron chi connectivity index (χ3n) is 2.81. The Hall–Kier alpha value is -3.22. The van der Waals surface area contributed by atoms with Crippen LogP contribution in [-0.4, -0.2) is 27.6 Å². The second kappa shape index (κ2) is 7.69. The van der Waals surface area contributed by atoms with Crippen molar-refractivity contribution >= 4 is 23.3 Å². The molecule has 0 saturated carbocycles. The fraction of sp³-hybridized carbons (Fsp3) is 0.125. The third kappa shape index (κ3) is 5.24. The van der Waals surface area contributed by atoms with E-state index in [-0.39, 0.29) is 23.6 Å². The summed E-state index contributed by atoms with van der Waals surface area (Å²) in [4.78, 5) is 27.6. The molecule has 118 valence electrons. The van der Waals surface area contributed by atoms with Crippen LogP contribution >= 0.6 is 0 Å². The monoisotopic (exact) mass is 312 g/mol. The maximum absolute atomic E-state index is 11.8. The summed E-state index contributed by atoms with van der Waals surface area (Å²) in [5.74, 6) is -0.302. The van der Waals surface area contributed by atoms with Gasteiger partial charge in [-0.05, 0) is 37.3 Å². The molecule has 1 aromatic heterocycles. The van der Waals surface area contributed by atoms with Crippen molar-refractivity contribution in [1.29, 1.82) is 0 Å². The van der Waals surface area contributed by atoms with Crippen molar-refractivity contribution in [3.63, 3.8) is 0 Å². The first-order valence-electron chi connectivity index (χ1n) is 6.88. The van der Waals surface area contributed by atoms with Crippen LogP contribution in [0.15, 0.2) is 53.8 Å². The molecule has 23 heavy (non-hydrogen) atoms. The first-order chi connectivity index (χ1) is 11.0. The van der Waals surface area contributed by atoms with Crippen molar-refractivity contribution in [1.82, 2.24) is 10.4 Å². The van der Waals surface area contributed by atoms with Gasteiger partial charge in [0.05, 0.1) is 6.42 Å². The number of aromatic nitrogens is 1. The Morgan fingerprint density at radius 3 is 2.74 bits per heavy atom. The van der Waals surface area contributed by atoms with Crippen molar-refractivity contribution in [2.45, 2.75) is 13.3 Å². The zero-order valence-electron chi connectivity index (χ0n) is 12.5. The molecule has 1 heterocycles. The van der Waals surface area contributed by atoms with Gasteiger partial charge in [-0.2, -0.15) is 5.10 Å². The number of rotatable bonds is 5. The number of carbonyl (C=O) groups is 2. The Labute approximate surface area is 133 Å². The van der Waals surface area contributed by atoms with E-state index in [1.165, 1.54) is 12.1 Å². The van der Waals surface area contributed by atoms with Gasteiger partial charge < -0.3 is 10.4 Å². The summed E-state index contributed by atoms with van der Waals surface area (Å²) in [5.41, 5.74) is 3.05. The number of pyridine rings is 1. The van der Waals surface area contributed by atoms with Crippen LogP contribution in [-0.2, 0) is 4.79 Å². The van der Waals surface area contributed by atoms with Crippen LogP contribution in [0.1, 0.15) is 23.7 Å². The molecule has 3 N–H and O–H groups in total. The lowest BCUT2D eigenvalue weighted by Crippen LogP contribution is -2.21. The predicted molar refractivity (Wildman–Crippen MR) is 86.2 cm³/mol. The topological polar surface area (TPSA) is 104 Å². The molecule has 0 aliphatic rings. The van der Waals surface area contributed by atoms with E-state index in [1.54, 1.807) is 43.5 Å². The summed E-state index contributed by atoms with van der Waals surface area (Å²) in [6.45, 7) is 1.63. The molecule has 0 fully saturated rings. The molecule has 0 spiro atoms. The van der Waals surface area contributed by atoms with Gasteiger partial charge in [-0.15, -0.1) is 0 Å². The van der Waals surface area contributed by atoms with Crippen molar-refractivity contribution in [2.24, 2.45) is 5.10 Å². The van der Waals surface area contributed by atoms with Gasteiger partial charge in [0.2, 0.25) is 5.91 Å². The minimum atomic E-state index is -0.467. The summed E-state index contributed by atoms with van der Waals surface area (Å²) in [6.07, 6.45) is 1.60. The Bertz CT molecular complexity index is 729. The fourth-order valence-electron chi connectivity index (χ4n) is 1.75. The number of hydrogen-bond donors (Lipinski definition) is 3. The molecule has 0 saturated heterocycles. The normalized spacial score (nSPS) is 10.9. The summed E-state index contributed by atoms with van der Waals surface area (Å²) in [7, 11) is 0. The van der Waals surface area contributed by atoms with Gasteiger partial charge in [-0.1, -0.05) is 12.1 Å². The molecular formula is C16H16N4O3. The number of aromatic hydroxyl groups is 1. The van der Waals surface area contributed by atoms with Gasteiger partial charge in [0.1, 0.15) is 11.6 Å². The molecule has 0 radical (unpaired) electrons. The lowest BCUT2D eigenvalue weighted by molar-refractivity contribution is -0.115. The maximum atomic E-state index is 11.8. The molecule has 0 aliphatic heterocycles. The van der Waals surface area contributed by atoms with Crippen LogP contribution in [0, 0.1) is 0 Å². The zero-order valence-corrected chi connectivity index (χ0v) is 12.5. The predicted octanol–water partition coefficient (Wildman–Crippen LogP) is 1.92. The highest BCUT2D eigenvalue weighted by molar-refractivity contribution is 6.05.